The summed E-state index contributed by atoms with van der Waals surface area (Å²) in [5.74, 6) is -6.13. The van der Waals surface area contributed by atoms with Crippen LogP contribution in [0.2, 0.25) is 0 Å². The van der Waals surface area contributed by atoms with Gasteiger partial charge in [0.25, 0.3) is 0 Å². The number of anilines is 1. The molecule has 1 aromatic heterocycles. The largest absolute Gasteiger partial charge is 0.449 e. The molecular weight excluding hydrogens is 492 g/mol. The molecule has 1 aliphatic heterocycles. The first-order valence-corrected chi connectivity index (χ1v) is 10.0. The van der Waals surface area contributed by atoms with Crippen LogP contribution in [0.5, 0.6) is 0 Å². The fourth-order valence-electron chi connectivity index (χ4n) is 3.55. The number of aromatic nitrogens is 2. The quantitative estimate of drug-likeness (QED) is 0.457. The van der Waals surface area contributed by atoms with Crippen molar-refractivity contribution in [2.75, 3.05) is 11.9 Å². The summed E-state index contributed by atoms with van der Waals surface area (Å²) in [7, 11) is 0. The van der Waals surface area contributed by atoms with E-state index < -0.39 is 47.3 Å². The number of nitrogens with one attached hydrogen (secondary N) is 1. The molecule has 0 saturated carbocycles. The molecule has 0 aliphatic carbocycles. The van der Waals surface area contributed by atoms with Crippen molar-refractivity contribution in [3.63, 3.8) is 0 Å². The minimum atomic E-state index is -4.76. The molecule has 1 atom stereocenters. The minimum absolute atomic E-state index is 0. The molecule has 0 unspecified atom stereocenters. The van der Waals surface area contributed by atoms with Gasteiger partial charge in [0.1, 0.15) is 5.82 Å². The van der Waals surface area contributed by atoms with E-state index in [0.717, 1.165) is 4.57 Å². The first-order chi connectivity index (χ1) is 15.4. The molecule has 2 aromatic rings. The standard InChI is InChI=1S/C20H21F6N5O2.ClH/c1-2-16(32)28-18-15-9-30(3-4-31(15)19(29-18)20(24,25)26)17(33)7-11(27)5-10-6-13(22)14(23)8-12(10)21;/h6,8,11H,2-5,7,9,27H2,1H3,(H,28,32);1H/t11-;/m1./s1. The van der Waals surface area contributed by atoms with E-state index in [1.807, 2.05) is 0 Å². The molecule has 3 rings (SSSR count). The third-order valence-electron chi connectivity index (χ3n) is 5.20. The third-order valence-corrected chi connectivity index (χ3v) is 5.20. The van der Waals surface area contributed by atoms with Gasteiger partial charge < -0.3 is 20.5 Å². The number of hydrogen-bond donors (Lipinski definition) is 2. The molecule has 188 valence electrons. The molecule has 3 N–H and O–H groups in total. The Bertz CT molecular complexity index is 1070. The molecule has 0 fully saturated rings. The summed E-state index contributed by atoms with van der Waals surface area (Å²) in [6.07, 6.45) is -5.30. The average molecular weight is 514 g/mol. The van der Waals surface area contributed by atoms with Gasteiger partial charge in [0.2, 0.25) is 17.6 Å². The van der Waals surface area contributed by atoms with Gasteiger partial charge in [0, 0.05) is 38.0 Å². The predicted octanol–water partition coefficient (Wildman–Crippen LogP) is 3.39. The second-order valence-corrected chi connectivity index (χ2v) is 7.62. The molecule has 14 heteroatoms. The van der Waals surface area contributed by atoms with Crippen LogP contribution in [0, 0.1) is 17.5 Å². The number of rotatable bonds is 6. The lowest BCUT2D eigenvalue weighted by Crippen LogP contribution is -2.42. The molecule has 1 aromatic carbocycles. The molecule has 0 saturated heterocycles. The number of halogens is 7. The van der Waals surface area contributed by atoms with Crippen molar-refractivity contribution in [1.29, 1.82) is 0 Å². The van der Waals surface area contributed by atoms with Gasteiger partial charge in [0.05, 0.1) is 12.2 Å². The molecule has 2 heterocycles. The average Bonchev–Trinajstić information content (AvgIpc) is 3.10. The number of carbonyl (C=O) groups excluding carboxylic acids is 2. The van der Waals surface area contributed by atoms with Gasteiger partial charge in [-0.15, -0.1) is 12.4 Å². The lowest BCUT2D eigenvalue weighted by molar-refractivity contribution is -0.148. The monoisotopic (exact) mass is 513 g/mol. The van der Waals surface area contributed by atoms with Crippen molar-refractivity contribution in [3.8, 4) is 0 Å². The van der Waals surface area contributed by atoms with Crippen LogP contribution in [0.1, 0.15) is 36.8 Å². The fraction of sp³-hybridized carbons (Fsp3) is 0.450. The van der Waals surface area contributed by atoms with Crippen LogP contribution in [0.4, 0.5) is 32.2 Å². The highest BCUT2D eigenvalue weighted by Gasteiger charge is 2.41. The fourth-order valence-corrected chi connectivity index (χ4v) is 3.55. The Morgan fingerprint density at radius 1 is 1.15 bits per heavy atom. The Kier molecular flexibility index (Phi) is 8.59. The number of amides is 2. The summed E-state index contributed by atoms with van der Waals surface area (Å²) in [6.45, 7) is 0.986. The van der Waals surface area contributed by atoms with Gasteiger partial charge in [-0.1, -0.05) is 6.92 Å². The number of fused-ring (bicyclic) bond motifs is 1. The second-order valence-electron chi connectivity index (χ2n) is 7.62. The van der Waals surface area contributed by atoms with E-state index in [-0.39, 0.29) is 68.4 Å². The van der Waals surface area contributed by atoms with E-state index in [1.165, 1.54) is 11.8 Å². The third kappa shape index (κ3) is 6.00. The highest BCUT2D eigenvalue weighted by molar-refractivity contribution is 5.90. The lowest BCUT2D eigenvalue weighted by atomic mass is 10.0. The van der Waals surface area contributed by atoms with E-state index >= 15 is 0 Å². The molecule has 2 amide bonds. The molecular formula is C20H22ClF6N5O2. The zero-order valence-corrected chi connectivity index (χ0v) is 18.7. The van der Waals surface area contributed by atoms with Gasteiger partial charge in [-0.2, -0.15) is 13.2 Å². The summed E-state index contributed by atoms with van der Waals surface area (Å²) in [4.78, 5) is 29.2. The normalized spacial score (nSPS) is 14.3. The summed E-state index contributed by atoms with van der Waals surface area (Å²) in [5, 5.41) is 2.32. The number of imidazole rings is 1. The van der Waals surface area contributed by atoms with Gasteiger partial charge in [-0.05, 0) is 18.1 Å². The van der Waals surface area contributed by atoms with Gasteiger partial charge >= 0.3 is 6.18 Å². The Labute approximate surface area is 196 Å². The zero-order chi connectivity index (χ0) is 24.5. The van der Waals surface area contributed by atoms with Crippen LogP contribution in [-0.4, -0.2) is 38.9 Å². The van der Waals surface area contributed by atoms with Crippen molar-refractivity contribution >= 4 is 30.0 Å². The summed E-state index contributed by atoms with van der Waals surface area (Å²) in [5.41, 5.74) is 5.70. The van der Waals surface area contributed by atoms with E-state index in [4.69, 9.17) is 5.73 Å². The van der Waals surface area contributed by atoms with Gasteiger partial charge in [-0.3, -0.25) is 9.59 Å². The van der Waals surface area contributed by atoms with Crippen molar-refractivity contribution < 1.29 is 35.9 Å². The van der Waals surface area contributed by atoms with Crippen molar-refractivity contribution in [2.45, 2.75) is 51.5 Å². The summed E-state index contributed by atoms with van der Waals surface area (Å²) in [6, 6.07) is 0.0965. The summed E-state index contributed by atoms with van der Waals surface area (Å²) >= 11 is 0. The number of nitrogens with zero attached hydrogens (tertiary/aromatic N) is 3. The topological polar surface area (TPSA) is 93.2 Å². The predicted molar refractivity (Wildman–Crippen MR) is 111 cm³/mol. The Morgan fingerprint density at radius 3 is 2.41 bits per heavy atom. The highest BCUT2D eigenvalue weighted by atomic mass is 35.5. The van der Waals surface area contributed by atoms with E-state index in [0.29, 0.717) is 12.1 Å². The maximum Gasteiger partial charge on any atom is 0.449 e. The van der Waals surface area contributed by atoms with Crippen molar-refractivity contribution in [3.05, 3.63) is 46.7 Å². The first kappa shape index (κ1) is 27.4. The van der Waals surface area contributed by atoms with Crippen LogP contribution in [-0.2, 0) is 35.3 Å². The van der Waals surface area contributed by atoms with Crippen molar-refractivity contribution in [2.24, 2.45) is 5.73 Å². The van der Waals surface area contributed by atoms with Crippen molar-refractivity contribution in [1.82, 2.24) is 14.5 Å². The molecule has 34 heavy (non-hydrogen) atoms. The Hall–Kier alpha value is -2.80. The van der Waals surface area contributed by atoms with Crippen LogP contribution >= 0.6 is 12.4 Å². The highest BCUT2D eigenvalue weighted by Crippen LogP contribution is 2.34. The Morgan fingerprint density at radius 2 is 1.79 bits per heavy atom. The van der Waals surface area contributed by atoms with Gasteiger partial charge in [0.15, 0.2) is 17.5 Å². The number of alkyl halides is 3. The molecule has 0 spiro atoms. The van der Waals surface area contributed by atoms with E-state index in [1.54, 1.807) is 0 Å². The van der Waals surface area contributed by atoms with Crippen LogP contribution in [0.3, 0.4) is 0 Å². The maximum atomic E-state index is 13.8. The number of nitrogens with two attached hydrogens (primary N) is 1. The molecule has 0 radical (unpaired) electrons. The maximum absolute atomic E-state index is 13.8. The number of hydrogen-bond acceptors (Lipinski definition) is 4. The van der Waals surface area contributed by atoms with Crippen LogP contribution in [0.25, 0.3) is 0 Å². The van der Waals surface area contributed by atoms with Crippen LogP contribution < -0.4 is 11.1 Å². The molecule has 0 bridgehead atoms. The second kappa shape index (κ2) is 10.6. The molecule has 7 nitrogen and oxygen atoms in total. The van der Waals surface area contributed by atoms with E-state index in [9.17, 15) is 35.9 Å². The minimum Gasteiger partial charge on any atom is -0.335 e. The zero-order valence-electron chi connectivity index (χ0n) is 17.9. The van der Waals surface area contributed by atoms with E-state index in [2.05, 4.69) is 10.3 Å². The Balaban J connectivity index is 0.00000408. The first-order valence-electron chi connectivity index (χ1n) is 10.0. The number of carbonyl (C=O) groups is 2. The lowest BCUT2D eigenvalue weighted by Gasteiger charge is -2.30. The molecule has 1 aliphatic rings. The number of benzene rings is 1. The SMILES string of the molecule is CCC(=O)Nc1nc(C(F)(F)F)n2c1CN(C(=O)C[C@H](N)Cc1cc(F)c(F)cc1F)CC2.Cl. The summed E-state index contributed by atoms with van der Waals surface area (Å²) < 4.78 is 81.2. The van der Waals surface area contributed by atoms with Gasteiger partial charge in [-0.25, -0.2) is 18.2 Å². The smallest absolute Gasteiger partial charge is 0.335 e. The van der Waals surface area contributed by atoms with Crippen LogP contribution in [0.15, 0.2) is 12.1 Å².